The average Bonchev–Trinajstić information content (AvgIpc) is 1.63. The predicted molar refractivity (Wildman–Crippen MR) is 31.7 cm³/mol. The first-order valence-electron chi connectivity index (χ1n) is 2.84. The average molecular weight is 131 g/mol. The van der Waals surface area contributed by atoms with Crippen LogP contribution in [-0.4, -0.2) is 18.7 Å². The first-order valence-corrected chi connectivity index (χ1v) is 2.84. The van der Waals surface area contributed by atoms with E-state index in [0.717, 1.165) is 0 Å². The summed E-state index contributed by atoms with van der Waals surface area (Å²) in [5.74, 6) is 0. The van der Waals surface area contributed by atoms with Crippen molar-refractivity contribution >= 4 is 6.09 Å². The molecule has 3 N–H and O–H groups in total. The van der Waals surface area contributed by atoms with E-state index in [-0.39, 0.29) is 6.04 Å². The molecule has 0 saturated carbocycles. The maximum atomic E-state index is 9.82. The van der Waals surface area contributed by atoms with Crippen LogP contribution in [-0.2, 0) is 0 Å². The zero-order valence-corrected chi connectivity index (χ0v) is 5.39. The summed E-state index contributed by atoms with van der Waals surface area (Å²) in [7, 11) is 0. The molecule has 4 nitrogen and oxygen atoms in total. The van der Waals surface area contributed by atoms with Gasteiger partial charge in [-0.25, -0.2) is 0 Å². The van der Waals surface area contributed by atoms with Crippen molar-refractivity contribution in [3.63, 3.8) is 0 Å². The molecule has 0 aliphatic heterocycles. The first-order chi connectivity index (χ1) is 4.16. The van der Waals surface area contributed by atoms with Crippen LogP contribution in [0.3, 0.4) is 0 Å². The minimum Gasteiger partial charge on any atom is -0.530 e. The lowest BCUT2D eigenvalue weighted by molar-refractivity contribution is -0.251. The van der Waals surface area contributed by atoms with Gasteiger partial charge in [-0.1, -0.05) is 0 Å². The van der Waals surface area contributed by atoms with Gasteiger partial charge in [0.25, 0.3) is 0 Å². The number of amides is 1. The monoisotopic (exact) mass is 131 g/mol. The van der Waals surface area contributed by atoms with E-state index in [2.05, 4.69) is 5.32 Å². The topological polar surface area (TPSA) is 78.2 Å². The number of hydrogen-bond donors (Lipinski definition) is 2. The van der Waals surface area contributed by atoms with Gasteiger partial charge in [-0.3, -0.25) is 0 Å². The van der Waals surface area contributed by atoms with Crippen LogP contribution in [0.15, 0.2) is 0 Å². The molecule has 0 spiro atoms. The molecule has 0 aliphatic rings. The van der Waals surface area contributed by atoms with Gasteiger partial charge in [0.1, 0.15) is 6.09 Å². The Labute approximate surface area is 54.0 Å². The molecule has 0 radical (unpaired) electrons. The fourth-order valence-electron chi connectivity index (χ4n) is 0.523. The SMILES string of the molecule is CC(CCN)NC(=O)[O-]. The van der Waals surface area contributed by atoms with Crippen molar-refractivity contribution in [2.24, 2.45) is 5.73 Å². The second kappa shape index (κ2) is 4.14. The summed E-state index contributed by atoms with van der Waals surface area (Å²) < 4.78 is 0. The lowest BCUT2D eigenvalue weighted by atomic mass is 10.2. The smallest absolute Gasteiger partial charge is 0.134 e. The first kappa shape index (κ1) is 8.23. The fourth-order valence-corrected chi connectivity index (χ4v) is 0.523. The molecule has 0 aromatic heterocycles. The van der Waals surface area contributed by atoms with Gasteiger partial charge in [0, 0.05) is 6.04 Å². The van der Waals surface area contributed by atoms with Crippen LogP contribution in [0, 0.1) is 0 Å². The molecule has 9 heavy (non-hydrogen) atoms. The number of carbonyl (C=O) groups excluding carboxylic acids is 1. The summed E-state index contributed by atoms with van der Waals surface area (Å²) in [5.41, 5.74) is 5.15. The van der Waals surface area contributed by atoms with E-state index in [1.165, 1.54) is 0 Å². The Bertz CT molecular complexity index is 95.0. The van der Waals surface area contributed by atoms with E-state index in [9.17, 15) is 9.90 Å². The second-order valence-electron chi connectivity index (χ2n) is 1.91. The number of nitrogens with one attached hydrogen (secondary N) is 1. The number of rotatable bonds is 3. The molecule has 0 rings (SSSR count). The molecule has 1 amide bonds. The summed E-state index contributed by atoms with van der Waals surface area (Å²) >= 11 is 0. The molecule has 0 aromatic rings. The lowest BCUT2D eigenvalue weighted by Crippen LogP contribution is -2.42. The van der Waals surface area contributed by atoms with E-state index in [4.69, 9.17) is 5.73 Å². The van der Waals surface area contributed by atoms with Gasteiger partial charge >= 0.3 is 0 Å². The van der Waals surface area contributed by atoms with Gasteiger partial charge in [-0.15, -0.1) is 0 Å². The van der Waals surface area contributed by atoms with E-state index >= 15 is 0 Å². The highest BCUT2D eigenvalue weighted by Gasteiger charge is 1.96. The highest BCUT2D eigenvalue weighted by atomic mass is 16.4. The number of carbonyl (C=O) groups is 1. The molecule has 0 heterocycles. The van der Waals surface area contributed by atoms with Gasteiger partial charge in [0.15, 0.2) is 0 Å². The standard InChI is InChI=1S/C5H12N2O2/c1-4(2-3-6)7-5(8)9/h4,7H,2-3,6H2,1H3,(H,8,9)/p-1. The van der Waals surface area contributed by atoms with Crippen LogP contribution in [0.25, 0.3) is 0 Å². The summed E-state index contributed by atoms with van der Waals surface area (Å²) in [6.07, 6.45) is -0.593. The van der Waals surface area contributed by atoms with E-state index in [1.807, 2.05) is 0 Å². The van der Waals surface area contributed by atoms with Gasteiger partial charge in [0.2, 0.25) is 0 Å². The molecule has 0 saturated heterocycles. The quantitative estimate of drug-likeness (QED) is 0.497. The molecular weight excluding hydrogens is 120 g/mol. The lowest BCUT2D eigenvalue weighted by Gasteiger charge is -2.13. The molecule has 0 aliphatic carbocycles. The van der Waals surface area contributed by atoms with Crippen molar-refractivity contribution in [3.8, 4) is 0 Å². The predicted octanol–water partition coefficient (Wildman–Crippen LogP) is -1.34. The van der Waals surface area contributed by atoms with E-state index in [1.54, 1.807) is 6.92 Å². The third-order valence-corrected chi connectivity index (χ3v) is 0.964. The zero-order valence-electron chi connectivity index (χ0n) is 5.39. The van der Waals surface area contributed by atoms with Crippen molar-refractivity contribution < 1.29 is 9.90 Å². The van der Waals surface area contributed by atoms with Crippen LogP contribution in [0.5, 0.6) is 0 Å². The summed E-state index contributed by atoms with van der Waals surface area (Å²) in [6.45, 7) is 2.23. The zero-order chi connectivity index (χ0) is 7.28. The van der Waals surface area contributed by atoms with Crippen molar-refractivity contribution in [2.45, 2.75) is 19.4 Å². The second-order valence-corrected chi connectivity index (χ2v) is 1.91. The number of nitrogens with two attached hydrogens (primary N) is 1. The Kier molecular flexibility index (Phi) is 3.79. The Morgan fingerprint density at radius 3 is 2.78 bits per heavy atom. The maximum absolute atomic E-state index is 9.82. The molecule has 0 bridgehead atoms. The Balaban J connectivity index is 3.26. The van der Waals surface area contributed by atoms with E-state index in [0.29, 0.717) is 13.0 Å². The molecule has 4 heteroatoms. The molecule has 1 atom stereocenters. The minimum absolute atomic E-state index is 0.0972. The fraction of sp³-hybridized carbons (Fsp3) is 0.800. The van der Waals surface area contributed by atoms with Crippen LogP contribution in [0.4, 0.5) is 4.79 Å². The molecule has 1 unspecified atom stereocenters. The van der Waals surface area contributed by atoms with Gasteiger partial charge in [-0.05, 0) is 19.9 Å². The van der Waals surface area contributed by atoms with Crippen molar-refractivity contribution in [2.75, 3.05) is 6.54 Å². The Morgan fingerprint density at radius 2 is 2.44 bits per heavy atom. The molecule has 54 valence electrons. The largest absolute Gasteiger partial charge is 0.530 e. The molecule has 0 aromatic carbocycles. The van der Waals surface area contributed by atoms with Crippen molar-refractivity contribution in [1.29, 1.82) is 0 Å². The van der Waals surface area contributed by atoms with Gasteiger partial charge in [-0.2, -0.15) is 0 Å². The maximum Gasteiger partial charge on any atom is 0.134 e. The van der Waals surface area contributed by atoms with Crippen LogP contribution in [0.1, 0.15) is 13.3 Å². The van der Waals surface area contributed by atoms with Gasteiger partial charge < -0.3 is 21.0 Å². The normalized spacial score (nSPS) is 12.7. The third kappa shape index (κ3) is 5.10. The van der Waals surface area contributed by atoms with Crippen molar-refractivity contribution in [3.05, 3.63) is 0 Å². The van der Waals surface area contributed by atoms with Crippen LogP contribution < -0.4 is 16.2 Å². The number of carboxylic acid groups (broad SMARTS) is 1. The highest BCUT2D eigenvalue weighted by Crippen LogP contribution is 1.84. The third-order valence-electron chi connectivity index (χ3n) is 0.964. The molecule has 0 fully saturated rings. The Hall–Kier alpha value is -0.770. The summed E-state index contributed by atoms with van der Waals surface area (Å²) in [6, 6.07) is -0.0972. The summed E-state index contributed by atoms with van der Waals surface area (Å²) in [5, 5.41) is 12.0. The number of hydrogen-bond acceptors (Lipinski definition) is 3. The molecular formula is C5H11N2O2-. The highest BCUT2D eigenvalue weighted by molar-refractivity contribution is 5.62. The summed E-state index contributed by atoms with van der Waals surface area (Å²) in [4.78, 5) is 9.82. The van der Waals surface area contributed by atoms with Crippen molar-refractivity contribution in [1.82, 2.24) is 5.32 Å². The van der Waals surface area contributed by atoms with Crippen LogP contribution >= 0.6 is 0 Å². The van der Waals surface area contributed by atoms with Gasteiger partial charge in [0.05, 0.1) is 0 Å². The van der Waals surface area contributed by atoms with E-state index < -0.39 is 6.09 Å². The Morgan fingerprint density at radius 1 is 1.89 bits per heavy atom. The minimum atomic E-state index is -1.24. The van der Waals surface area contributed by atoms with Crippen LogP contribution in [0.2, 0.25) is 0 Å².